The zero-order chi connectivity index (χ0) is 21.1. The minimum absolute atomic E-state index is 0.0976. The molecule has 1 aliphatic rings. The topological polar surface area (TPSA) is 37.4 Å². The molecule has 0 saturated heterocycles. The molecule has 0 aliphatic heterocycles. The first-order chi connectivity index (χ1) is 13.7. The Labute approximate surface area is 168 Å². The van der Waals surface area contributed by atoms with Crippen LogP contribution in [0.1, 0.15) is 36.0 Å². The van der Waals surface area contributed by atoms with E-state index in [1.54, 1.807) is 18.2 Å². The molecule has 0 bridgehead atoms. The Bertz CT molecular complexity index is 1060. The molecule has 0 saturated carbocycles. The summed E-state index contributed by atoms with van der Waals surface area (Å²) in [6.45, 7) is 1.85. The van der Waals surface area contributed by atoms with Crippen molar-refractivity contribution in [1.82, 2.24) is 4.31 Å². The molecule has 1 aliphatic carbocycles. The van der Waals surface area contributed by atoms with Crippen LogP contribution < -0.4 is 0 Å². The Morgan fingerprint density at radius 1 is 1.10 bits per heavy atom. The van der Waals surface area contributed by atoms with Crippen molar-refractivity contribution in [2.24, 2.45) is 0 Å². The molecule has 7 heteroatoms. The Kier molecular flexibility index (Phi) is 6.04. The van der Waals surface area contributed by atoms with Crippen molar-refractivity contribution in [2.75, 3.05) is 0 Å². The van der Waals surface area contributed by atoms with E-state index in [2.05, 4.69) is 12.0 Å². The van der Waals surface area contributed by atoms with Crippen LogP contribution in [0.15, 0.2) is 65.6 Å². The van der Waals surface area contributed by atoms with Crippen LogP contribution in [0.2, 0.25) is 0 Å². The highest BCUT2D eigenvalue weighted by molar-refractivity contribution is 7.89. The maximum atomic E-state index is 13.2. The van der Waals surface area contributed by atoms with E-state index in [1.165, 1.54) is 24.3 Å². The van der Waals surface area contributed by atoms with Gasteiger partial charge in [0.1, 0.15) is 0 Å². The molecule has 0 N–H and O–H groups in total. The van der Waals surface area contributed by atoms with E-state index in [0.29, 0.717) is 6.42 Å². The molecule has 3 nitrogen and oxygen atoms in total. The highest BCUT2D eigenvalue weighted by Gasteiger charge is 2.31. The molecule has 3 rings (SSSR count). The van der Waals surface area contributed by atoms with Gasteiger partial charge in [-0.1, -0.05) is 35.9 Å². The number of halogens is 3. The quantitative estimate of drug-likeness (QED) is 0.393. The van der Waals surface area contributed by atoms with Gasteiger partial charge in [-0.2, -0.15) is 13.2 Å². The fourth-order valence-electron chi connectivity index (χ4n) is 3.03. The first-order valence-electron chi connectivity index (χ1n) is 9.14. The summed E-state index contributed by atoms with van der Waals surface area (Å²) in [5.41, 5.74) is 0.196. The van der Waals surface area contributed by atoms with E-state index in [9.17, 15) is 21.6 Å². The molecule has 0 radical (unpaired) electrons. The average molecular weight is 419 g/mol. The minimum Gasteiger partial charge on any atom is -0.217 e. The smallest absolute Gasteiger partial charge is 0.217 e. The molecule has 1 atom stereocenters. The average Bonchev–Trinajstić information content (AvgIpc) is 2.69. The molecule has 0 spiro atoms. The first kappa shape index (κ1) is 21.0. The van der Waals surface area contributed by atoms with Crippen LogP contribution in [-0.2, 0) is 16.2 Å². The van der Waals surface area contributed by atoms with Crippen molar-refractivity contribution in [3.8, 4) is 12.0 Å². The lowest BCUT2D eigenvalue weighted by molar-refractivity contribution is -0.137. The number of benzene rings is 2. The molecular formula is C22H20F3NO2S. The number of hydrogen-bond acceptors (Lipinski definition) is 2. The monoisotopic (exact) mass is 419 g/mol. The van der Waals surface area contributed by atoms with Crippen LogP contribution in [0.3, 0.4) is 0 Å². The number of alkyl halides is 3. The fraction of sp³-hybridized carbons (Fsp3) is 0.273. The number of nitrogens with zero attached hydrogens (tertiary/aromatic N) is 1. The van der Waals surface area contributed by atoms with Crippen LogP contribution in [-0.4, -0.2) is 18.8 Å². The minimum atomic E-state index is -4.49. The van der Waals surface area contributed by atoms with Crippen LogP contribution in [0.25, 0.3) is 0 Å². The maximum Gasteiger partial charge on any atom is 0.416 e. The van der Waals surface area contributed by atoms with Gasteiger partial charge in [-0.25, -0.2) is 12.7 Å². The molecule has 0 amide bonds. The van der Waals surface area contributed by atoms with Crippen molar-refractivity contribution in [2.45, 2.75) is 43.3 Å². The number of sulfonamides is 1. The zero-order valence-electron chi connectivity index (χ0n) is 15.8. The predicted molar refractivity (Wildman–Crippen MR) is 105 cm³/mol. The second-order valence-electron chi connectivity index (χ2n) is 6.86. The lowest BCUT2D eigenvalue weighted by Crippen LogP contribution is -2.36. The summed E-state index contributed by atoms with van der Waals surface area (Å²) in [5.74, 6) is 2.60. The largest absolute Gasteiger partial charge is 0.416 e. The van der Waals surface area contributed by atoms with Gasteiger partial charge in [-0.3, -0.25) is 0 Å². The lowest BCUT2D eigenvalue weighted by atomic mass is 10.0. The summed E-state index contributed by atoms with van der Waals surface area (Å²) >= 11 is 0. The van der Waals surface area contributed by atoms with Crippen LogP contribution in [0.5, 0.6) is 0 Å². The summed E-state index contributed by atoms with van der Waals surface area (Å²) in [6, 6.07) is 13.1. The highest BCUT2D eigenvalue weighted by Crippen LogP contribution is 2.29. The van der Waals surface area contributed by atoms with E-state index in [0.717, 1.165) is 34.8 Å². The predicted octanol–water partition coefficient (Wildman–Crippen LogP) is 5.12. The third kappa shape index (κ3) is 5.01. The second kappa shape index (κ2) is 8.34. The molecular weight excluding hydrogens is 399 g/mol. The van der Waals surface area contributed by atoms with Crippen molar-refractivity contribution in [3.63, 3.8) is 0 Å². The van der Waals surface area contributed by atoms with Gasteiger partial charge in [0.15, 0.2) is 0 Å². The Morgan fingerprint density at radius 3 is 2.45 bits per heavy atom. The summed E-state index contributed by atoms with van der Waals surface area (Å²) in [5, 5.41) is 0. The third-order valence-corrected chi connectivity index (χ3v) is 6.36. The lowest BCUT2D eigenvalue weighted by Gasteiger charge is -2.27. The van der Waals surface area contributed by atoms with Gasteiger partial charge in [0.05, 0.1) is 16.5 Å². The first-order valence-corrected chi connectivity index (χ1v) is 10.6. The number of rotatable bonds is 3. The molecule has 0 aromatic heterocycles. The van der Waals surface area contributed by atoms with Gasteiger partial charge >= 0.3 is 6.18 Å². The molecule has 0 heterocycles. The standard InChI is InChI=1S/C22H20F3NO2S/c1-17-10-12-21(13-11-17)29(27,28)26(20-8-3-2-4-9-20)15-14-18-6-5-7-19(16-18)22(23,24)25/h3,5-8,10-13,16,20H,2,4,9H2,1H3. The number of aryl methyl sites for hydroxylation is 1. The maximum absolute atomic E-state index is 13.2. The SMILES string of the molecule is Cc1ccc(S(=O)(=O)N(C#Cc2cccc(C(F)(F)F)c2)C2C=CCCC2)cc1. The van der Waals surface area contributed by atoms with Gasteiger partial charge in [0, 0.05) is 11.6 Å². The van der Waals surface area contributed by atoms with E-state index < -0.39 is 27.8 Å². The van der Waals surface area contributed by atoms with Gasteiger partial charge in [0.25, 0.3) is 10.0 Å². The fourth-order valence-corrected chi connectivity index (χ4v) is 4.43. The van der Waals surface area contributed by atoms with Crippen molar-refractivity contribution in [1.29, 1.82) is 0 Å². The van der Waals surface area contributed by atoms with E-state index in [4.69, 9.17) is 0 Å². The van der Waals surface area contributed by atoms with Gasteiger partial charge < -0.3 is 0 Å². The van der Waals surface area contributed by atoms with Crippen molar-refractivity contribution in [3.05, 3.63) is 77.4 Å². The van der Waals surface area contributed by atoms with Crippen LogP contribution in [0.4, 0.5) is 13.2 Å². The summed E-state index contributed by atoms with van der Waals surface area (Å²) in [6.07, 6.45) is 1.46. The molecule has 152 valence electrons. The molecule has 29 heavy (non-hydrogen) atoms. The normalized spacial score (nSPS) is 16.8. The van der Waals surface area contributed by atoms with Gasteiger partial charge in [0.2, 0.25) is 0 Å². The summed E-state index contributed by atoms with van der Waals surface area (Å²) in [4.78, 5) is 0.0976. The summed E-state index contributed by atoms with van der Waals surface area (Å²) in [7, 11) is -3.94. The molecule has 2 aromatic carbocycles. The molecule has 2 aromatic rings. The molecule has 0 fully saturated rings. The summed E-state index contributed by atoms with van der Waals surface area (Å²) < 4.78 is 66.3. The van der Waals surface area contributed by atoms with E-state index >= 15 is 0 Å². The van der Waals surface area contributed by atoms with Crippen LogP contribution in [0, 0.1) is 18.9 Å². The second-order valence-corrected chi connectivity index (χ2v) is 8.67. The van der Waals surface area contributed by atoms with Crippen molar-refractivity contribution >= 4 is 10.0 Å². The number of hydrogen-bond donors (Lipinski definition) is 0. The Morgan fingerprint density at radius 2 is 1.83 bits per heavy atom. The van der Waals surface area contributed by atoms with E-state index in [-0.39, 0.29) is 10.5 Å². The van der Waals surface area contributed by atoms with Crippen molar-refractivity contribution < 1.29 is 21.6 Å². The van der Waals surface area contributed by atoms with Crippen LogP contribution >= 0.6 is 0 Å². The molecule has 1 unspecified atom stereocenters. The zero-order valence-corrected chi connectivity index (χ0v) is 16.6. The Balaban J connectivity index is 2.02. The van der Waals surface area contributed by atoms with Gasteiger partial charge in [-0.05, 0) is 62.4 Å². The third-order valence-electron chi connectivity index (χ3n) is 4.61. The number of allylic oxidation sites excluding steroid dienone is 1. The Hall–Kier alpha value is -2.72. The van der Waals surface area contributed by atoms with Gasteiger partial charge in [-0.15, -0.1) is 0 Å². The highest BCUT2D eigenvalue weighted by atomic mass is 32.2. The van der Waals surface area contributed by atoms with E-state index in [1.807, 2.05) is 13.0 Å².